The zero-order valence-electron chi connectivity index (χ0n) is 9.90. The Bertz CT molecular complexity index is 425. The minimum absolute atomic E-state index is 0.213. The van der Waals surface area contributed by atoms with Crippen LogP contribution < -0.4 is 10.6 Å². The highest BCUT2D eigenvalue weighted by atomic mass is 19.1. The van der Waals surface area contributed by atoms with E-state index >= 15 is 0 Å². The molecule has 3 nitrogen and oxygen atoms in total. The van der Waals surface area contributed by atoms with Crippen LogP contribution in [0.1, 0.15) is 0 Å². The second kappa shape index (κ2) is 3.88. The van der Waals surface area contributed by atoms with Gasteiger partial charge in [-0.3, -0.25) is 0 Å². The van der Waals surface area contributed by atoms with Crippen LogP contribution in [0.15, 0.2) is 18.2 Å². The first-order valence-electron chi connectivity index (χ1n) is 5.99. The number of nitrogens with zero attached hydrogens (tertiary/aromatic N) is 1. The van der Waals surface area contributed by atoms with Crippen LogP contribution in [-0.2, 0) is 4.74 Å². The van der Waals surface area contributed by atoms with Gasteiger partial charge in [-0.25, -0.2) is 4.39 Å². The molecular formula is C13H17FN2O. The molecule has 2 N–H and O–H groups in total. The van der Waals surface area contributed by atoms with E-state index in [9.17, 15) is 4.39 Å². The summed E-state index contributed by atoms with van der Waals surface area (Å²) in [5.74, 6) is 1.85. The van der Waals surface area contributed by atoms with E-state index < -0.39 is 0 Å². The van der Waals surface area contributed by atoms with Gasteiger partial charge in [-0.05, 0) is 36.0 Å². The van der Waals surface area contributed by atoms with Gasteiger partial charge >= 0.3 is 0 Å². The molecule has 2 fully saturated rings. The summed E-state index contributed by atoms with van der Waals surface area (Å²) in [4.78, 5) is 2.12. The van der Waals surface area contributed by atoms with E-state index in [1.54, 1.807) is 19.2 Å². The summed E-state index contributed by atoms with van der Waals surface area (Å²) in [7, 11) is 1.74. The SMILES string of the molecule is COC[C@@H]1[C@H]2CN(c3ccc(N)cc3F)C[C@@H]12. The maximum absolute atomic E-state index is 13.7. The summed E-state index contributed by atoms with van der Waals surface area (Å²) in [6.07, 6.45) is 0. The lowest BCUT2D eigenvalue weighted by atomic mass is 10.2. The van der Waals surface area contributed by atoms with E-state index in [4.69, 9.17) is 10.5 Å². The molecular weight excluding hydrogens is 219 g/mol. The topological polar surface area (TPSA) is 38.5 Å². The average molecular weight is 236 g/mol. The van der Waals surface area contributed by atoms with Crippen LogP contribution in [0.25, 0.3) is 0 Å². The molecule has 0 aromatic heterocycles. The number of ether oxygens (including phenoxy) is 1. The van der Waals surface area contributed by atoms with Crippen molar-refractivity contribution in [2.45, 2.75) is 0 Å². The minimum Gasteiger partial charge on any atom is -0.399 e. The molecule has 92 valence electrons. The number of nitrogen functional groups attached to an aromatic ring is 1. The lowest BCUT2D eigenvalue weighted by molar-refractivity contribution is 0.176. The van der Waals surface area contributed by atoms with Gasteiger partial charge in [-0.1, -0.05) is 0 Å². The van der Waals surface area contributed by atoms with E-state index in [1.165, 1.54) is 6.07 Å². The van der Waals surface area contributed by atoms with E-state index in [2.05, 4.69) is 4.90 Å². The summed E-state index contributed by atoms with van der Waals surface area (Å²) in [6.45, 7) is 2.73. The summed E-state index contributed by atoms with van der Waals surface area (Å²) in [5, 5.41) is 0. The van der Waals surface area contributed by atoms with Gasteiger partial charge in [0.1, 0.15) is 5.82 Å². The number of piperidine rings is 1. The molecule has 0 amide bonds. The van der Waals surface area contributed by atoms with E-state index in [1.807, 2.05) is 0 Å². The molecule has 0 bridgehead atoms. The van der Waals surface area contributed by atoms with Crippen LogP contribution in [0.2, 0.25) is 0 Å². The average Bonchev–Trinajstić information content (AvgIpc) is 2.73. The van der Waals surface area contributed by atoms with E-state index in [-0.39, 0.29) is 5.82 Å². The van der Waals surface area contributed by atoms with Crippen molar-refractivity contribution in [3.05, 3.63) is 24.0 Å². The number of nitrogens with two attached hydrogens (primary N) is 1. The molecule has 17 heavy (non-hydrogen) atoms. The van der Waals surface area contributed by atoms with Crippen molar-refractivity contribution in [1.29, 1.82) is 0 Å². The molecule has 1 aromatic rings. The predicted octanol–water partition coefficient (Wildman–Crippen LogP) is 1.74. The van der Waals surface area contributed by atoms with Gasteiger partial charge in [0, 0.05) is 32.5 Å². The third kappa shape index (κ3) is 1.76. The molecule has 1 aliphatic heterocycles. The minimum atomic E-state index is -0.213. The number of hydrogen-bond donors (Lipinski definition) is 1. The van der Waals surface area contributed by atoms with Crippen molar-refractivity contribution in [1.82, 2.24) is 0 Å². The number of hydrogen-bond acceptors (Lipinski definition) is 3. The maximum Gasteiger partial charge on any atom is 0.148 e. The zero-order chi connectivity index (χ0) is 12.0. The van der Waals surface area contributed by atoms with Crippen molar-refractivity contribution in [3.8, 4) is 0 Å². The normalized spacial score (nSPS) is 30.5. The highest BCUT2D eigenvalue weighted by Gasteiger charge is 2.55. The Morgan fingerprint density at radius 1 is 1.41 bits per heavy atom. The number of anilines is 2. The number of benzene rings is 1. The fourth-order valence-electron chi connectivity index (χ4n) is 3.07. The lowest BCUT2D eigenvalue weighted by Crippen LogP contribution is -2.25. The second-order valence-electron chi connectivity index (χ2n) is 5.06. The Morgan fingerprint density at radius 2 is 2.12 bits per heavy atom. The van der Waals surface area contributed by atoms with E-state index in [0.29, 0.717) is 29.1 Å². The molecule has 0 unspecified atom stereocenters. The molecule has 4 heteroatoms. The third-order valence-corrected chi connectivity index (χ3v) is 4.04. The van der Waals surface area contributed by atoms with E-state index in [0.717, 1.165) is 19.7 Å². The molecule has 3 rings (SSSR count). The first kappa shape index (κ1) is 10.8. The molecule has 0 radical (unpaired) electrons. The highest BCUT2D eigenvalue weighted by molar-refractivity contribution is 5.55. The first-order valence-corrected chi connectivity index (χ1v) is 5.99. The fourth-order valence-corrected chi connectivity index (χ4v) is 3.07. The van der Waals surface area contributed by atoms with Gasteiger partial charge in [0.2, 0.25) is 0 Å². The fraction of sp³-hybridized carbons (Fsp3) is 0.538. The van der Waals surface area contributed by atoms with Crippen LogP contribution in [0.4, 0.5) is 15.8 Å². The maximum atomic E-state index is 13.7. The van der Waals surface area contributed by atoms with Crippen LogP contribution in [0.3, 0.4) is 0 Å². The van der Waals surface area contributed by atoms with Gasteiger partial charge < -0.3 is 15.4 Å². The van der Waals surface area contributed by atoms with Gasteiger partial charge in [-0.2, -0.15) is 0 Å². The Hall–Kier alpha value is -1.29. The van der Waals surface area contributed by atoms with Gasteiger partial charge in [0.25, 0.3) is 0 Å². The predicted molar refractivity (Wildman–Crippen MR) is 65.4 cm³/mol. The van der Waals surface area contributed by atoms with Crippen molar-refractivity contribution in [2.24, 2.45) is 17.8 Å². The smallest absolute Gasteiger partial charge is 0.148 e. The summed E-state index contributed by atoms with van der Waals surface area (Å²) in [5.41, 5.74) is 6.71. The second-order valence-corrected chi connectivity index (χ2v) is 5.06. The van der Waals surface area contributed by atoms with Crippen LogP contribution >= 0.6 is 0 Å². The lowest BCUT2D eigenvalue weighted by Gasteiger charge is -2.22. The molecule has 1 saturated carbocycles. The first-order chi connectivity index (χ1) is 8.20. The van der Waals surface area contributed by atoms with Crippen molar-refractivity contribution in [2.75, 3.05) is 37.4 Å². The largest absolute Gasteiger partial charge is 0.399 e. The van der Waals surface area contributed by atoms with Crippen LogP contribution in [0, 0.1) is 23.6 Å². The van der Waals surface area contributed by atoms with Crippen molar-refractivity contribution in [3.63, 3.8) is 0 Å². The number of methoxy groups -OCH3 is 1. The molecule has 1 heterocycles. The molecule has 2 aliphatic rings. The Morgan fingerprint density at radius 3 is 2.71 bits per heavy atom. The number of fused-ring (bicyclic) bond motifs is 1. The van der Waals surface area contributed by atoms with Gasteiger partial charge in [-0.15, -0.1) is 0 Å². The third-order valence-electron chi connectivity index (χ3n) is 4.04. The van der Waals surface area contributed by atoms with Crippen LogP contribution in [0.5, 0.6) is 0 Å². The Labute approximate surface area is 100 Å². The molecule has 1 aliphatic carbocycles. The molecule has 0 spiro atoms. The van der Waals surface area contributed by atoms with Crippen molar-refractivity contribution >= 4 is 11.4 Å². The Kier molecular flexibility index (Phi) is 2.47. The monoisotopic (exact) mass is 236 g/mol. The van der Waals surface area contributed by atoms with Gasteiger partial charge in [0.15, 0.2) is 0 Å². The number of halogens is 1. The van der Waals surface area contributed by atoms with Crippen molar-refractivity contribution < 1.29 is 9.13 Å². The summed E-state index contributed by atoms with van der Waals surface area (Å²) >= 11 is 0. The Balaban J connectivity index is 1.69. The van der Waals surface area contributed by atoms with Crippen LogP contribution in [-0.4, -0.2) is 26.8 Å². The summed E-state index contributed by atoms with van der Waals surface area (Å²) in [6, 6.07) is 4.93. The standard InChI is InChI=1S/C13H17FN2O/c1-17-7-11-9-5-16(6-10(9)11)13-3-2-8(15)4-12(13)14/h2-4,9-11H,5-7,15H2,1H3/t9-,10+,11+. The molecule has 1 saturated heterocycles. The quantitative estimate of drug-likeness (QED) is 0.812. The molecule has 3 atom stereocenters. The van der Waals surface area contributed by atoms with Gasteiger partial charge in [0.05, 0.1) is 5.69 Å². The highest BCUT2D eigenvalue weighted by Crippen LogP contribution is 2.52. The summed E-state index contributed by atoms with van der Waals surface area (Å²) < 4.78 is 18.9. The number of rotatable bonds is 3. The molecule has 1 aromatic carbocycles. The zero-order valence-corrected chi connectivity index (χ0v) is 9.90.